The fourth-order valence-electron chi connectivity index (χ4n) is 2.32. The van der Waals surface area contributed by atoms with E-state index in [2.05, 4.69) is 15.2 Å². The first kappa shape index (κ1) is 13.6. The van der Waals surface area contributed by atoms with Crippen LogP contribution >= 0.6 is 11.6 Å². The number of aryl methyl sites for hydroxylation is 1. The van der Waals surface area contributed by atoms with Crippen molar-refractivity contribution in [1.82, 2.24) is 15.2 Å². The summed E-state index contributed by atoms with van der Waals surface area (Å²) in [7, 11) is 1.60. The second-order valence-corrected chi connectivity index (χ2v) is 5.06. The van der Waals surface area contributed by atoms with Crippen LogP contribution in [-0.4, -0.2) is 22.3 Å². The van der Waals surface area contributed by atoms with E-state index in [1.807, 2.05) is 37.3 Å². The van der Waals surface area contributed by atoms with Crippen LogP contribution in [0.4, 0.5) is 0 Å². The number of hydrogen-bond acceptors (Lipinski definition) is 3. The third kappa shape index (κ3) is 2.50. The molecule has 5 heteroatoms. The molecule has 0 amide bonds. The number of ether oxygens (including phenoxy) is 1. The Hall–Kier alpha value is -2.33. The number of benzene rings is 1. The Morgan fingerprint density at radius 3 is 2.57 bits per heavy atom. The van der Waals surface area contributed by atoms with Gasteiger partial charge in [-0.3, -0.25) is 10.1 Å². The van der Waals surface area contributed by atoms with Crippen molar-refractivity contribution in [3.63, 3.8) is 0 Å². The number of hydrogen-bond donors (Lipinski definition) is 1. The largest absolute Gasteiger partial charge is 0.495 e. The van der Waals surface area contributed by atoms with Crippen molar-refractivity contribution in [2.75, 3.05) is 7.11 Å². The molecule has 3 rings (SSSR count). The van der Waals surface area contributed by atoms with Crippen LogP contribution in [0.2, 0.25) is 5.02 Å². The Kier molecular flexibility index (Phi) is 3.62. The van der Waals surface area contributed by atoms with Gasteiger partial charge in [0.25, 0.3) is 0 Å². The lowest BCUT2D eigenvalue weighted by Gasteiger charge is -2.07. The molecule has 0 saturated heterocycles. The Bertz CT molecular complexity index is 768. The van der Waals surface area contributed by atoms with Crippen molar-refractivity contribution in [3.8, 4) is 28.1 Å². The van der Waals surface area contributed by atoms with Gasteiger partial charge in [-0.05, 0) is 36.8 Å². The minimum atomic E-state index is 0.582. The summed E-state index contributed by atoms with van der Waals surface area (Å²) in [6.45, 7) is 2.00. The molecule has 0 unspecified atom stereocenters. The van der Waals surface area contributed by atoms with E-state index in [0.29, 0.717) is 10.8 Å². The summed E-state index contributed by atoms with van der Waals surface area (Å²) >= 11 is 6.08. The molecule has 0 fully saturated rings. The van der Waals surface area contributed by atoms with Crippen LogP contribution in [0.1, 0.15) is 5.69 Å². The molecule has 2 heterocycles. The lowest BCUT2D eigenvalue weighted by Crippen LogP contribution is -1.88. The van der Waals surface area contributed by atoms with Gasteiger partial charge in [0, 0.05) is 29.2 Å². The highest BCUT2D eigenvalue weighted by Gasteiger charge is 2.15. The highest BCUT2D eigenvalue weighted by molar-refractivity contribution is 6.32. The van der Waals surface area contributed by atoms with Gasteiger partial charge in [0.05, 0.1) is 12.1 Å². The van der Waals surface area contributed by atoms with Crippen LogP contribution in [0.15, 0.2) is 42.7 Å². The molecule has 0 aliphatic rings. The first-order chi connectivity index (χ1) is 10.2. The highest BCUT2D eigenvalue weighted by Crippen LogP contribution is 2.36. The first-order valence-electron chi connectivity index (χ1n) is 6.50. The first-order valence-corrected chi connectivity index (χ1v) is 6.87. The maximum atomic E-state index is 6.08. The van der Waals surface area contributed by atoms with E-state index in [9.17, 15) is 0 Å². The zero-order valence-electron chi connectivity index (χ0n) is 11.7. The zero-order chi connectivity index (χ0) is 14.8. The van der Waals surface area contributed by atoms with E-state index in [1.165, 1.54) is 0 Å². The Morgan fingerprint density at radius 2 is 1.86 bits per heavy atom. The fourth-order valence-corrected chi connectivity index (χ4v) is 2.51. The zero-order valence-corrected chi connectivity index (χ0v) is 12.5. The molecule has 0 aliphatic heterocycles. The molecular weight excluding hydrogens is 286 g/mol. The lowest BCUT2D eigenvalue weighted by atomic mass is 10.00. The summed E-state index contributed by atoms with van der Waals surface area (Å²) in [6.07, 6.45) is 3.54. The summed E-state index contributed by atoms with van der Waals surface area (Å²) in [4.78, 5) is 4.06. The second-order valence-electron chi connectivity index (χ2n) is 4.66. The highest BCUT2D eigenvalue weighted by atomic mass is 35.5. The number of methoxy groups -OCH3 is 1. The predicted molar refractivity (Wildman–Crippen MR) is 83.6 cm³/mol. The van der Waals surface area contributed by atoms with Crippen molar-refractivity contribution >= 4 is 11.6 Å². The van der Waals surface area contributed by atoms with Crippen molar-refractivity contribution in [2.24, 2.45) is 0 Å². The smallest absolute Gasteiger partial charge is 0.138 e. The predicted octanol–water partition coefficient (Wildman–Crippen LogP) is 4.11. The number of nitrogens with one attached hydrogen (secondary N) is 1. The van der Waals surface area contributed by atoms with Gasteiger partial charge >= 0.3 is 0 Å². The molecule has 0 aliphatic carbocycles. The van der Waals surface area contributed by atoms with Crippen molar-refractivity contribution in [2.45, 2.75) is 6.92 Å². The van der Waals surface area contributed by atoms with Crippen molar-refractivity contribution in [3.05, 3.63) is 53.4 Å². The maximum Gasteiger partial charge on any atom is 0.138 e. The molecule has 0 spiro atoms. The van der Waals surface area contributed by atoms with E-state index >= 15 is 0 Å². The van der Waals surface area contributed by atoms with Gasteiger partial charge < -0.3 is 4.74 Å². The lowest BCUT2D eigenvalue weighted by molar-refractivity contribution is 0.415. The van der Waals surface area contributed by atoms with Gasteiger partial charge in [0.15, 0.2) is 0 Å². The standard InChI is InChI=1S/C16H14ClN3O/c1-10-15(11-5-7-18-8-6-11)16(20-19-10)12-3-4-13(17)14(9-12)21-2/h3-9H,1-2H3,(H,19,20). The third-order valence-electron chi connectivity index (χ3n) is 3.34. The number of pyridine rings is 1. The number of aromatic amines is 1. The van der Waals surface area contributed by atoms with Crippen LogP contribution in [-0.2, 0) is 0 Å². The van der Waals surface area contributed by atoms with Crippen LogP contribution in [0.5, 0.6) is 5.75 Å². The quantitative estimate of drug-likeness (QED) is 0.792. The number of aromatic nitrogens is 3. The Balaban J connectivity index is 2.17. The normalized spacial score (nSPS) is 10.6. The summed E-state index contributed by atoms with van der Waals surface area (Å²) < 4.78 is 5.28. The summed E-state index contributed by atoms with van der Waals surface area (Å²) in [5, 5.41) is 8.05. The number of halogens is 1. The third-order valence-corrected chi connectivity index (χ3v) is 3.65. The van der Waals surface area contributed by atoms with Gasteiger partial charge in [-0.25, -0.2) is 0 Å². The van der Waals surface area contributed by atoms with Gasteiger partial charge in [0.1, 0.15) is 11.4 Å². The molecule has 0 saturated carbocycles. The van der Waals surface area contributed by atoms with E-state index in [0.717, 1.165) is 28.1 Å². The van der Waals surface area contributed by atoms with Crippen LogP contribution in [0.3, 0.4) is 0 Å². The van der Waals surface area contributed by atoms with Gasteiger partial charge in [0.2, 0.25) is 0 Å². The SMILES string of the molecule is COc1cc(-c2n[nH]c(C)c2-c2ccncc2)ccc1Cl. The van der Waals surface area contributed by atoms with Crippen LogP contribution in [0, 0.1) is 6.92 Å². The average molecular weight is 300 g/mol. The van der Waals surface area contributed by atoms with Crippen molar-refractivity contribution < 1.29 is 4.74 Å². The molecule has 2 aromatic heterocycles. The Labute approximate surface area is 127 Å². The molecule has 0 radical (unpaired) electrons. The van der Waals surface area contributed by atoms with E-state index < -0.39 is 0 Å². The van der Waals surface area contributed by atoms with Gasteiger partial charge in [-0.1, -0.05) is 17.7 Å². The molecule has 3 aromatic rings. The minimum absolute atomic E-state index is 0.582. The fraction of sp³-hybridized carbons (Fsp3) is 0.125. The molecule has 106 valence electrons. The van der Waals surface area contributed by atoms with Gasteiger partial charge in [-0.2, -0.15) is 5.10 Å². The molecule has 1 N–H and O–H groups in total. The molecule has 1 aromatic carbocycles. The maximum absolute atomic E-state index is 6.08. The summed E-state index contributed by atoms with van der Waals surface area (Å²) in [6, 6.07) is 9.58. The van der Waals surface area contributed by atoms with E-state index in [-0.39, 0.29) is 0 Å². The molecule has 21 heavy (non-hydrogen) atoms. The molecule has 0 atom stereocenters. The number of rotatable bonds is 3. The minimum Gasteiger partial charge on any atom is -0.495 e. The van der Waals surface area contributed by atoms with Crippen molar-refractivity contribution in [1.29, 1.82) is 0 Å². The average Bonchev–Trinajstić information content (AvgIpc) is 2.90. The van der Waals surface area contributed by atoms with Crippen LogP contribution in [0.25, 0.3) is 22.4 Å². The number of nitrogens with zero attached hydrogens (tertiary/aromatic N) is 2. The molecule has 4 nitrogen and oxygen atoms in total. The van der Waals surface area contributed by atoms with E-state index in [4.69, 9.17) is 16.3 Å². The molecule has 0 bridgehead atoms. The van der Waals surface area contributed by atoms with Crippen LogP contribution < -0.4 is 4.74 Å². The second kappa shape index (κ2) is 5.58. The van der Waals surface area contributed by atoms with E-state index in [1.54, 1.807) is 19.5 Å². The Morgan fingerprint density at radius 1 is 1.10 bits per heavy atom. The summed E-state index contributed by atoms with van der Waals surface area (Å²) in [5.74, 6) is 0.635. The topological polar surface area (TPSA) is 50.8 Å². The van der Waals surface area contributed by atoms with Gasteiger partial charge in [-0.15, -0.1) is 0 Å². The monoisotopic (exact) mass is 299 g/mol. The number of H-pyrrole nitrogens is 1. The molecular formula is C16H14ClN3O. The summed E-state index contributed by atoms with van der Waals surface area (Å²) in [5.41, 5.74) is 4.95.